The highest BCUT2D eigenvalue weighted by Gasteiger charge is 2.47. The van der Waals surface area contributed by atoms with Gasteiger partial charge in [-0.15, -0.1) is 6.58 Å². The number of carbonyl (C=O) groups excluding carboxylic acids is 1. The Balaban J connectivity index is 1.93. The summed E-state index contributed by atoms with van der Waals surface area (Å²) in [6, 6.07) is 21.4. The fraction of sp³-hybridized carbons (Fsp3) is 0.355. The molecule has 0 aliphatic heterocycles. The smallest absolute Gasteiger partial charge is 0.229 e. The molecule has 1 aromatic heterocycles. The van der Waals surface area contributed by atoms with Gasteiger partial charge in [0.25, 0.3) is 0 Å². The Labute approximate surface area is 225 Å². The van der Waals surface area contributed by atoms with Crippen molar-refractivity contribution in [3.63, 3.8) is 0 Å². The molecule has 36 heavy (non-hydrogen) atoms. The number of carbonyl (C=O) groups is 1. The SMILES string of the molecule is C=CCC(C)(C)C(=O)N(C(c1ccccn1)C1CC1)C(c1ccc(Cl)cc1)C(C)c1cccc(Cl)c1. The predicted octanol–water partition coefficient (Wildman–Crippen LogP) is 8.82. The van der Waals surface area contributed by atoms with E-state index in [0.717, 1.165) is 29.7 Å². The summed E-state index contributed by atoms with van der Waals surface area (Å²) in [7, 11) is 0. The first kappa shape index (κ1) is 26.4. The molecule has 0 saturated heterocycles. The van der Waals surface area contributed by atoms with E-state index in [9.17, 15) is 4.79 Å². The summed E-state index contributed by atoms with van der Waals surface area (Å²) in [5, 5.41) is 1.35. The number of benzene rings is 2. The van der Waals surface area contributed by atoms with Crippen LogP contribution in [0.2, 0.25) is 10.0 Å². The Hall–Kier alpha value is -2.62. The number of hydrogen-bond donors (Lipinski definition) is 0. The monoisotopic (exact) mass is 520 g/mol. The summed E-state index contributed by atoms with van der Waals surface area (Å²) in [6.45, 7) is 10.1. The Kier molecular flexibility index (Phi) is 8.22. The third-order valence-electron chi connectivity index (χ3n) is 7.19. The van der Waals surface area contributed by atoms with E-state index in [-0.39, 0.29) is 23.9 Å². The Morgan fingerprint density at radius 2 is 1.78 bits per heavy atom. The van der Waals surface area contributed by atoms with Gasteiger partial charge in [0, 0.05) is 27.6 Å². The van der Waals surface area contributed by atoms with Gasteiger partial charge >= 0.3 is 0 Å². The number of allylic oxidation sites excluding steroid dienone is 1. The first-order chi connectivity index (χ1) is 17.2. The molecule has 2 aromatic carbocycles. The molecule has 0 N–H and O–H groups in total. The van der Waals surface area contributed by atoms with Gasteiger partial charge in [-0.05, 0) is 72.7 Å². The van der Waals surface area contributed by atoms with Crippen LogP contribution in [0, 0.1) is 11.3 Å². The van der Waals surface area contributed by atoms with E-state index in [1.165, 1.54) is 0 Å². The van der Waals surface area contributed by atoms with Gasteiger partial charge in [0.1, 0.15) is 0 Å². The van der Waals surface area contributed by atoms with Crippen molar-refractivity contribution in [1.82, 2.24) is 9.88 Å². The molecule has 188 valence electrons. The van der Waals surface area contributed by atoms with Crippen LogP contribution < -0.4 is 0 Å². The number of nitrogens with zero attached hydrogens (tertiary/aromatic N) is 2. The average Bonchev–Trinajstić information content (AvgIpc) is 3.70. The maximum Gasteiger partial charge on any atom is 0.229 e. The minimum absolute atomic E-state index is 0.0293. The van der Waals surface area contributed by atoms with Gasteiger partial charge in [-0.3, -0.25) is 9.78 Å². The summed E-state index contributed by atoms with van der Waals surface area (Å²) >= 11 is 12.7. The first-order valence-electron chi connectivity index (χ1n) is 12.6. The summed E-state index contributed by atoms with van der Waals surface area (Å²) in [5.41, 5.74) is 2.43. The van der Waals surface area contributed by atoms with Crippen molar-refractivity contribution in [3.8, 4) is 0 Å². The molecule has 1 aliphatic carbocycles. The molecule has 3 nitrogen and oxygen atoms in total. The summed E-state index contributed by atoms with van der Waals surface area (Å²) in [6.07, 6.45) is 6.39. The molecule has 0 radical (unpaired) electrons. The van der Waals surface area contributed by atoms with Crippen molar-refractivity contribution >= 4 is 29.1 Å². The lowest BCUT2D eigenvalue weighted by Gasteiger charge is -2.45. The fourth-order valence-electron chi connectivity index (χ4n) is 5.12. The van der Waals surface area contributed by atoms with Crippen LogP contribution >= 0.6 is 23.2 Å². The van der Waals surface area contributed by atoms with Gasteiger partial charge in [-0.1, -0.05) is 80.4 Å². The van der Waals surface area contributed by atoms with E-state index in [2.05, 4.69) is 24.5 Å². The third-order valence-corrected chi connectivity index (χ3v) is 7.67. The maximum atomic E-state index is 14.6. The fourth-order valence-corrected chi connectivity index (χ4v) is 5.44. The third kappa shape index (κ3) is 5.85. The molecule has 0 spiro atoms. The normalized spacial score (nSPS) is 16.1. The quantitative estimate of drug-likeness (QED) is 0.250. The number of amides is 1. The minimum Gasteiger partial charge on any atom is -0.326 e. The van der Waals surface area contributed by atoms with Crippen molar-refractivity contribution in [2.45, 2.75) is 58.0 Å². The van der Waals surface area contributed by atoms with Gasteiger partial charge in [-0.2, -0.15) is 0 Å². The molecule has 3 aromatic rings. The van der Waals surface area contributed by atoms with Crippen molar-refractivity contribution in [1.29, 1.82) is 0 Å². The second-order valence-electron chi connectivity index (χ2n) is 10.5. The van der Waals surface area contributed by atoms with Crippen LogP contribution in [0.15, 0.2) is 85.6 Å². The van der Waals surface area contributed by atoms with Gasteiger partial charge < -0.3 is 4.90 Å². The molecule has 1 amide bonds. The van der Waals surface area contributed by atoms with Crippen molar-refractivity contribution in [2.75, 3.05) is 0 Å². The van der Waals surface area contributed by atoms with Crippen LogP contribution in [0.25, 0.3) is 0 Å². The first-order valence-corrected chi connectivity index (χ1v) is 13.3. The van der Waals surface area contributed by atoms with Gasteiger partial charge in [0.15, 0.2) is 0 Å². The van der Waals surface area contributed by atoms with Gasteiger partial charge in [0.05, 0.1) is 17.8 Å². The Morgan fingerprint density at radius 3 is 2.36 bits per heavy atom. The lowest BCUT2D eigenvalue weighted by molar-refractivity contribution is -0.147. The van der Waals surface area contributed by atoms with Crippen LogP contribution in [0.4, 0.5) is 0 Å². The van der Waals surface area contributed by atoms with Crippen molar-refractivity contribution in [3.05, 3.63) is 112 Å². The summed E-state index contributed by atoms with van der Waals surface area (Å²) < 4.78 is 0. The van der Waals surface area contributed by atoms with Crippen molar-refractivity contribution < 1.29 is 4.79 Å². The molecule has 3 atom stereocenters. The summed E-state index contributed by atoms with van der Waals surface area (Å²) in [4.78, 5) is 21.5. The highest BCUT2D eigenvalue weighted by Crippen LogP contribution is 2.51. The Morgan fingerprint density at radius 1 is 1.06 bits per heavy atom. The zero-order valence-corrected chi connectivity index (χ0v) is 22.7. The Bertz CT molecular complexity index is 1190. The lowest BCUT2D eigenvalue weighted by Crippen LogP contribution is -2.47. The second-order valence-corrected chi connectivity index (χ2v) is 11.3. The van der Waals surface area contributed by atoms with E-state index in [1.54, 1.807) is 0 Å². The zero-order chi connectivity index (χ0) is 25.9. The molecular formula is C31H34Cl2N2O. The van der Waals surface area contributed by atoms with Crippen LogP contribution in [-0.2, 0) is 4.79 Å². The standard InChI is InChI=1S/C31H34Cl2N2O/c1-5-18-31(3,4)30(36)35(29(23-12-13-23)27-11-6-7-19-34-27)28(22-14-16-25(32)17-15-22)21(2)24-9-8-10-26(33)20-24/h5-11,14-17,19-21,23,28-29H,1,12-13,18H2,2-4H3. The highest BCUT2D eigenvalue weighted by atomic mass is 35.5. The maximum absolute atomic E-state index is 14.6. The minimum atomic E-state index is -0.623. The highest BCUT2D eigenvalue weighted by molar-refractivity contribution is 6.30. The molecule has 5 heteroatoms. The number of pyridine rings is 1. The van der Waals surface area contributed by atoms with E-state index in [1.807, 2.05) is 86.8 Å². The number of rotatable bonds is 10. The topological polar surface area (TPSA) is 33.2 Å². The van der Waals surface area contributed by atoms with Crippen LogP contribution in [0.3, 0.4) is 0 Å². The molecule has 1 fully saturated rings. The second kappa shape index (κ2) is 11.2. The molecule has 1 saturated carbocycles. The summed E-state index contributed by atoms with van der Waals surface area (Å²) in [5.74, 6) is 0.432. The molecule has 4 rings (SSSR count). The predicted molar refractivity (Wildman–Crippen MR) is 149 cm³/mol. The van der Waals surface area contributed by atoms with Gasteiger partial charge in [0.2, 0.25) is 5.91 Å². The molecule has 1 aliphatic rings. The van der Waals surface area contributed by atoms with E-state index >= 15 is 0 Å². The van der Waals surface area contributed by atoms with Crippen LogP contribution in [0.1, 0.15) is 74.9 Å². The van der Waals surface area contributed by atoms with Crippen molar-refractivity contribution in [2.24, 2.45) is 11.3 Å². The van der Waals surface area contributed by atoms with E-state index < -0.39 is 5.41 Å². The van der Waals surface area contributed by atoms with Crippen LogP contribution in [-0.4, -0.2) is 15.8 Å². The largest absolute Gasteiger partial charge is 0.326 e. The van der Waals surface area contributed by atoms with E-state index in [4.69, 9.17) is 28.2 Å². The number of hydrogen-bond acceptors (Lipinski definition) is 2. The zero-order valence-electron chi connectivity index (χ0n) is 21.2. The number of halogens is 2. The average molecular weight is 522 g/mol. The van der Waals surface area contributed by atoms with Gasteiger partial charge in [-0.25, -0.2) is 0 Å². The van der Waals surface area contributed by atoms with E-state index in [0.29, 0.717) is 22.4 Å². The molecule has 0 bridgehead atoms. The number of aromatic nitrogens is 1. The molecular weight excluding hydrogens is 487 g/mol. The molecule has 1 heterocycles. The lowest BCUT2D eigenvalue weighted by atomic mass is 9.81. The van der Waals surface area contributed by atoms with Crippen LogP contribution in [0.5, 0.6) is 0 Å². The molecule has 3 unspecified atom stereocenters.